The molecule has 2 rings (SSSR count). The van der Waals surface area contributed by atoms with Crippen molar-refractivity contribution in [1.29, 1.82) is 0 Å². The molecule has 2 atom stereocenters. The molecule has 104 valence electrons. The van der Waals surface area contributed by atoms with E-state index in [1.807, 2.05) is 11.9 Å². The fourth-order valence-corrected chi connectivity index (χ4v) is 2.67. The van der Waals surface area contributed by atoms with Gasteiger partial charge in [0.25, 0.3) is 0 Å². The van der Waals surface area contributed by atoms with E-state index >= 15 is 0 Å². The van der Waals surface area contributed by atoms with Crippen molar-refractivity contribution in [2.24, 2.45) is 5.41 Å². The van der Waals surface area contributed by atoms with Gasteiger partial charge in [-0.15, -0.1) is 0 Å². The lowest BCUT2D eigenvalue weighted by molar-refractivity contribution is -0.140. The van der Waals surface area contributed by atoms with Crippen LogP contribution in [0.4, 0.5) is 0 Å². The molecule has 0 spiro atoms. The van der Waals surface area contributed by atoms with Crippen LogP contribution < -0.4 is 5.32 Å². The number of carbonyl (C=O) groups excluding carboxylic acids is 1. The van der Waals surface area contributed by atoms with Crippen LogP contribution >= 0.6 is 0 Å². The zero-order chi connectivity index (χ0) is 14.0. The zero-order valence-electron chi connectivity index (χ0n) is 12.4. The van der Waals surface area contributed by atoms with Crippen LogP contribution in [0.5, 0.6) is 0 Å². The molecule has 0 radical (unpaired) electrons. The molecule has 3 heteroatoms. The molecule has 1 aromatic rings. The van der Waals surface area contributed by atoms with Crippen molar-refractivity contribution in [3.63, 3.8) is 0 Å². The van der Waals surface area contributed by atoms with Gasteiger partial charge in [-0.1, -0.05) is 29.8 Å². The fourth-order valence-electron chi connectivity index (χ4n) is 2.67. The fraction of sp³-hybridized carbons (Fsp3) is 0.562. The van der Waals surface area contributed by atoms with E-state index in [1.54, 1.807) is 0 Å². The van der Waals surface area contributed by atoms with E-state index in [-0.39, 0.29) is 17.4 Å². The summed E-state index contributed by atoms with van der Waals surface area (Å²) in [5.74, 6) is 0.241. The van der Waals surface area contributed by atoms with E-state index in [2.05, 4.69) is 50.4 Å². The first-order chi connectivity index (χ1) is 8.94. The number of amides is 1. The lowest BCUT2D eigenvalue weighted by Gasteiger charge is -2.33. The number of nitrogens with zero attached hydrogens (tertiary/aromatic N) is 1. The Morgan fingerprint density at radius 2 is 2.00 bits per heavy atom. The van der Waals surface area contributed by atoms with Crippen LogP contribution in [0.3, 0.4) is 0 Å². The molecule has 1 aromatic carbocycles. The average Bonchev–Trinajstić information content (AvgIpc) is 2.85. The molecular formula is C16H24N2O. The summed E-state index contributed by atoms with van der Waals surface area (Å²) in [5, 5.41) is 3.29. The molecule has 0 aromatic heterocycles. The van der Waals surface area contributed by atoms with E-state index in [0.29, 0.717) is 0 Å². The van der Waals surface area contributed by atoms with E-state index in [0.717, 1.165) is 19.5 Å². The molecule has 1 aliphatic rings. The second-order valence-electron chi connectivity index (χ2n) is 5.99. The van der Waals surface area contributed by atoms with Crippen molar-refractivity contribution < 1.29 is 4.79 Å². The lowest BCUT2D eigenvalue weighted by atomic mass is 9.87. The van der Waals surface area contributed by atoms with Gasteiger partial charge < -0.3 is 10.2 Å². The van der Waals surface area contributed by atoms with Gasteiger partial charge in [0.15, 0.2) is 0 Å². The summed E-state index contributed by atoms with van der Waals surface area (Å²) in [4.78, 5) is 14.5. The molecule has 1 saturated heterocycles. The molecule has 2 unspecified atom stereocenters. The third kappa shape index (κ3) is 2.81. The van der Waals surface area contributed by atoms with Crippen LogP contribution in [0.15, 0.2) is 24.3 Å². The third-order valence-corrected chi connectivity index (χ3v) is 4.35. The third-order valence-electron chi connectivity index (χ3n) is 4.35. The molecule has 3 nitrogen and oxygen atoms in total. The Morgan fingerprint density at radius 3 is 2.53 bits per heavy atom. The molecule has 0 bridgehead atoms. The Bertz CT molecular complexity index is 446. The standard InChI is InChI=1S/C16H24N2O/c1-12-5-7-14(8-6-12)13(2)18(4)15(19)16(3)9-10-17-11-16/h5-8,13,17H,9-11H2,1-4H3. The minimum atomic E-state index is -0.242. The normalized spacial score (nSPS) is 24.2. The first kappa shape index (κ1) is 14.1. The Balaban J connectivity index is 2.12. The van der Waals surface area contributed by atoms with E-state index in [4.69, 9.17) is 0 Å². The quantitative estimate of drug-likeness (QED) is 0.905. The van der Waals surface area contributed by atoms with Crippen LogP contribution in [0.1, 0.15) is 37.4 Å². The number of carbonyl (C=O) groups is 1. The van der Waals surface area contributed by atoms with Crippen molar-refractivity contribution in [2.45, 2.75) is 33.2 Å². The van der Waals surface area contributed by atoms with Crippen molar-refractivity contribution in [2.75, 3.05) is 20.1 Å². The summed E-state index contributed by atoms with van der Waals surface area (Å²) >= 11 is 0. The van der Waals surface area contributed by atoms with Gasteiger partial charge in [0.1, 0.15) is 0 Å². The number of rotatable bonds is 3. The number of hydrogen-bond acceptors (Lipinski definition) is 2. The topological polar surface area (TPSA) is 32.3 Å². The summed E-state index contributed by atoms with van der Waals surface area (Å²) in [6, 6.07) is 8.54. The molecule has 1 amide bonds. The highest BCUT2D eigenvalue weighted by molar-refractivity contribution is 5.83. The lowest BCUT2D eigenvalue weighted by Crippen LogP contribution is -2.42. The number of hydrogen-bond donors (Lipinski definition) is 1. The minimum absolute atomic E-state index is 0.116. The van der Waals surface area contributed by atoms with Crippen LogP contribution in [0, 0.1) is 12.3 Å². The number of benzene rings is 1. The Morgan fingerprint density at radius 1 is 1.37 bits per heavy atom. The molecule has 0 saturated carbocycles. The Hall–Kier alpha value is -1.35. The van der Waals surface area contributed by atoms with Gasteiger partial charge in [-0.25, -0.2) is 0 Å². The maximum Gasteiger partial charge on any atom is 0.230 e. The highest BCUT2D eigenvalue weighted by atomic mass is 16.2. The van der Waals surface area contributed by atoms with Crippen LogP contribution in [0.25, 0.3) is 0 Å². The van der Waals surface area contributed by atoms with Crippen LogP contribution in [-0.4, -0.2) is 30.9 Å². The largest absolute Gasteiger partial charge is 0.338 e. The van der Waals surface area contributed by atoms with Crippen molar-refractivity contribution >= 4 is 5.91 Å². The first-order valence-corrected chi connectivity index (χ1v) is 6.98. The van der Waals surface area contributed by atoms with Gasteiger partial charge in [0, 0.05) is 13.6 Å². The number of aryl methyl sites for hydroxylation is 1. The molecule has 1 aliphatic heterocycles. The van der Waals surface area contributed by atoms with Crippen LogP contribution in [-0.2, 0) is 4.79 Å². The van der Waals surface area contributed by atoms with Crippen molar-refractivity contribution in [3.8, 4) is 0 Å². The summed E-state index contributed by atoms with van der Waals surface area (Å²) in [6.07, 6.45) is 0.927. The molecule has 1 fully saturated rings. The summed E-state index contributed by atoms with van der Waals surface area (Å²) < 4.78 is 0. The minimum Gasteiger partial charge on any atom is -0.338 e. The maximum absolute atomic E-state index is 12.6. The van der Waals surface area contributed by atoms with E-state index < -0.39 is 0 Å². The highest BCUT2D eigenvalue weighted by Crippen LogP contribution is 2.30. The predicted octanol–water partition coefficient (Wildman–Crippen LogP) is 2.51. The average molecular weight is 260 g/mol. The Kier molecular flexibility index (Phi) is 3.95. The van der Waals surface area contributed by atoms with E-state index in [1.165, 1.54) is 11.1 Å². The summed E-state index contributed by atoms with van der Waals surface area (Å²) in [7, 11) is 1.91. The van der Waals surface area contributed by atoms with Gasteiger partial charge in [-0.3, -0.25) is 4.79 Å². The van der Waals surface area contributed by atoms with Gasteiger partial charge in [0.2, 0.25) is 5.91 Å². The predicted molar refractivity (Wildman–Crippen MR) is 78.0 cm³/mol. The zero-order valence-corrected chi connectivity index (χ0v) is 12.4. The summed E-state index contributed by atoms with van der Waals surface area (Å²) in [5.41, 5.74) is 2.20. The number of nitrogens with one attached hydrogen (secondary N) is 1. The van der Waals surface area contributed by atoms with Gasteiger partial charge in [-0.05, 0) is 39.3 Å². The monoisotopic (exact) mass is 260 g/mol. The van der Waals surface area contributed by atoms with Crippen molar-refractivity contribution in [3.05, 3.63) is 35.4 Å². The SMILES string of the molecule is Cc1ccc(C(C)N(C)C(=O)C2(C)CCNC2)cc1. The van der Waals surface area contributed by atoms with E-state index in [9.17, 15) is 4.79 Å². The van der Waals surface area contributed by atoms with Gasteiger partial charge in [-0.2, -0.15) is 0 Å². The van der Waals surface area contributed by atoms with Gasteiger partial charge in [0.05, 0.1) is 11.5 Å². The molecule has 1 heterocycles. The van der Waals surface area contributed by atoms with Gasteiger partial charge >= 0.3 is 0 Å². The molecule has 0 aliphatic carbocycles. The second-order valence-corrected chi connectivity index (χ2v) is 5.99. The Labute approximate surface area is 116 Å². The molecule has 1 N–H and O–H groups in total. The highest BCUT2D eigenvalue weighted by Gasteiger charge is 2.39. The second kappa shape index (κ2) is 5.33. The molecule has 19 heavy (non-hydrogen) atoms. The molecular weight excluding hydrogens is 236 g/mol. The summed E-state index contributed by atoms with van der Waals surface area (Å²) in [6.45, 7) is 7.96. The smallest absolute Gasteiger partial charge is 0.230 e. The van der Waals surface area contributed by atoms with Crippen molar-refractivity contribution in [1.82, 2.24) is 10.2 Å². The first-order valence-electron chi connectivity index (χ1n) is 6.98. The van der Waals surface area contributed by atoms with Crippen LogP contribution in [0.2, 0.25) is 0 Å². The maximum atomic E-state index is 12.6.